The van der Waals surface area contributed by atoms with Gasteiger partial charge >= 0.3 is 0 Å². The van der Waals surface area contributed by atoms with E-state index in [1.807, 2.05) is 6.08 Å². The average Bonchev–Trinajstić information content (AvgIpc) is 2.31. The molecular formula is C8H13NO. The van der Waals surface area contributed by atoms with Gasteiger partial charge in [0.2, 0.25) is 5.91 Å². The summed E-state index contributed by atoms with van der Waals surface area (Å²) in [6, 6.07) is 0. The number of hydrogen-bond donors (Lipinski definition) is 1. The first-order valence-electron chi connectivity index (χ1n) is 3.81. The first-order valence-corrected chi connectivity index (χ1v) is 3.81. The summed E-state index contributed by atoms with van der Waals surface area (Å²) in [7, 11) is 0. The summed E-state index contributed by atoms with van der Waals surface area (Å²) in [6.45, 7) is 2.14. The van der Waals surface area contributed by atoms with Crippen LogP contribution >= 0.6 is 0 Å². The topological polar surface area (TPSA) is 29.1 Å². The molecule has 2 nitrogen and oxygen atoms in total. The SMILES string of the molecule is CCCCC1C=CNC1=O. The van der Waals surface area contributed by atoms with E-state index in [1.54, 1.807) is 6.20 Å². The highest BCUT2D eigenvalue weighted by Crippen LogP contribution is 2.13. The molecule has 1 aliphatic rings. The van der Waals surface area contributed by atoms with Crippen molar-refractivity contribution in [3.05, 3.63) is 12.3 Å². The number of rotatable bonds is 3. The number of amides is 1. The molecule has 2 heteroatoms. The molecule has 1 aliphatic heterocycles. The smallest absolute Gasteiger partial charge is 0.230 e. The molecule has 1 heterocycles. The van der Waals surface area contributed by atoms with Gasteiger partial charge in [0.15, 0.2) is 0 Å². The maximum atomic E-state index is 10.9. The summed E-state index contributed by atoms with van der Waals surface area (Å²) >= 11 is 0. The minimum absolute atomic E-state index is 0.153. The Labute approximate surface area is 61.3 Å². The Balaban J connectivity index is 2.27. The number of carbonyl (C=O) groups excluding carboxylic acids is 1. The third-order valence-electron chi connectivity index (χ3n) is 1.76. The third kappa shape index (κ3) is 1.59. The molecule has 56 valence electrons. The molecule has 1 atom stereocenters. The average molecular weight is 139 g/mol. The number of carbonyl (C=O) groups is 1. The number of hydrogen-bond acceptors (Lipinski definition) is 1. The Hall–Kier alpha value is -0.790. The van der Waals surface area contributed by atoms with Gasteiger partial charge in [0.05, 0.1) is 5.92 Å². The molecule has 1 N–H and O–H groups in total. The van der Waals surface area contributed by atoms with Gasteiger partial charge in [-0.15, -0.1) is 0 Å². The minimum atomic E-state index is 0.153. The summed E-state index contributed by atoms with van der Waals surface area (Å²) in [5.74, 6) is 0.313. The molecule has 10 heavy (non-hydrogen) atoms. The fourth-order valence-corrected chi connectivity index (χ4v) is 1.09. The Morgan fingerprint density at radius 1 is 1.70 bits per heavy atom. The lowest BCUT2D eigenvalue weighted by atomic mass is 10.0. The van der Waals surface area contributed by atoms with Crippen molar-refractivity contribution < 1.29 is 4.79 Å². The monoisotopic (exact) mass is 139 g/mol. The van der Waals surface area contributed by atoms with Crippen LogP contribution in [0.5, 0.6) is 0 Å². The van der Waals surface area contributed by atoms with Crippen molar-refractivity contribution in [1.82, 2.24) is 5.32 Å². The van der Waals surface area contributed by atoms with Crippen LogP contribution in [-0.2, 0) is 4.79 Å². The second kappa shape index (κ2) is 3.40. The molecule has 0 saturated heterocycles. The van der Waals surface area contributed by atoms with Gasteiger partial charge in [-0.25, -0.2) is 0 Å². The molecule has 0 fully saturated rings. The van der Waals surface area contributed by atoms with Crippen LogP contribution in [0.1, 0.15) is 26.2 Å². The molecule has 1 unspecified atom stereocenters. The van der Waals surface area contributed by atoms with E-state index >= 15 is 0 Å². The minimum Gasteiger partial charge on any atom is -0.332 e. The Bertz CT molecular complexity index is 151. The zero-order chi connectivity index (χ0) is 7.40. The second-order valence-corrected chi connectivity index (χ2v) is 2.62. The lowest BCUT2D eigenvalue weighted by Gasteiger charge is -2.02. The molecule has 0 saturated carbocycles. The van der Waals surface area contributed by atoms with Gasteiger partial charge in [-0.1, -0.05) is 25.8 Å². The fraction of sp³-hybridized carbons (Fsp3) is 0.625. The van der Waals surface area contributed by atoms with E-state index in [0.29, 0.717) is 0 Å². The van der Waals surface area contributed by atoms with E-state index in [-0.39, 0.29) is 11.8 Å². The van der Waals surface area contributed by atoms with Crippen LogP contribution in [-0.4, -0.2) is 5.91 Å². The van der Waals surface area contributed by atoms with Crippen LogP contribution < -0.4 is 5.32 Å². The van der Waals surface area contributed by atoms with E-state index in [1.165, 1.54) is 0 Å². The summed E-state index contributed by atoms with van der Waals surface area (Å²) in [5, 5.41) is 2.66. The predicted molar refractivity (Wildman–Crippen MR) is 40.3 cm³/mol. The van der Waals surface area contributed by atoms with Crippen LogP contribution in [0, 0.1) is 5.92 Å². The second-order valence-electron chi connectivity index (χ2n) is 2.62. The molecule has 0 aromatic carbocycles. The highest BCUT2D eigenvalue weighted by molar-refractivity contribution is 5.83. The van der Waals surface area contributed by atoms with E-state index in [9.17, 15) is 4.79 Å². The summed E-state index contributed by atoms with van der Waals surface area (Å²) in [5.41, 5.74) is 0. The van der Waals surface area contributed by atoms with Crippen LogP contribution in [0.3, 0.4) is 0 Å². The molecule has 1 amide bonds. The maximum absolute atomic E-state index is 10.9. The summed E-state index contributed by atoms with van der Waals surface area (Å²) in [6.07, 6.45) is 6.99. The highest BCUT2D eigenvalue weighted by atomic mass is 16.2. The summed E-state index contributed by atoms with van der Waals surface area (Å²) < 4.78 is 0. The number of unbranched alkanes of at least 4 members (excludes halogenated alkanes) is 1. The van der Waals surface area contributed by atoms with Crippen LogP contribution in [0.25, 0.3) is 0 Å². The Morgan fingerprint density at radius 3 is 3.00 bits per heavy atom. The van der Waals surface area contributed by atoms with Crippen molar-refractivity contribution in [3.63, 3.8) is 0 Å². The predicted octanol–water partition coefficient (Wildman–Crippen LogP) is 1.44. The number of nitrogens with one attached hydrogen (secondary N) is 1. The third-order valence-corrected chi connectivity index (χ3v) is 1.76. The van der Waals surface area contributed by atoms with Crippen LogP contribution in [0.15, 0.2) is 12.3 Å². The van der Waals surface area contributed by atoms with Crippen molar-refractivity contribution >= 4 is 5.91 Å². The van der Waals surface area contributed by atoms with Crippen molar-refractivity contribution in [2.24, 2.45) is 5.92 Å². The van der Waals surface area contributed by atoms with Gasteiger partial charge < -0.3 is 5.32 Å². The fourth-order valence-electron chi connectivity index (χ4n) is 1.09. The van der Waals surface area contributed by atoms with Crippen molar-refractivity contribution in [3.8, 4) is 0 Å². The molecule has 0 spiro atoms. The van der Waals surface area contributed by atoms with Gasteiger partial charge in [-0.05, 0) is 6.42 Å². The zero-order valence-corrected chi connectivity index (χ0v) is 6.26. The Kier molecular flexibility index (Phi) is 2.49. The van der Waals surface area contributed by atoms with E-state index in [0.717, 1.165) is 19.3 Å². The van der Waals surface area contributed by atoms with Gasteiger partial charge in [-0.2, -0.15) is 0 Å². The first kappa shape index (κ1) is 7.32. The first-order chi connectivity index (χ1) is 4.84. The molecule has 0 aliphatic carbocycles. The van der Waals surface area contributed by atoms with Gasteiger partial charge in [0, 0.05) is 6.20 Å². The largest absolute Gasteiger partial charge is 0.332 e. The quantitative estimate of drug-likeness (QED) is 0.629. The highest BCUT2D eigenvalue weighted by Gasteiger charge is 2.17. The maximum Gasteiger partial charge on any atom is 0.230 e. The zero-order valence-electron chi connectivity index (χ0n) is 6.26. The molecular weight excluding hydrogens is 126 g/mol. The lowest BCUT2D eigenvalue weighted by Crippen LogP contribution is -2.18. The molecule has 0 aromatic rings. The van der Waals surface area contributed by atoms with Gasteiger partial charge in [0.25, 0.3) is 0 Å². The van der Waals surface area contributed by atoms with Gasteiger partial charge in [0.1, 0.15) is 0 Å². The molecule has 0 radical (unpaired) electrons. The molecule has 0 bridgehead atoms. The van der Waals surface area contributed by atoms with E-state index < -0.39 is 0 Å². The van der Waals surface area contributed by atoms with Crippen molar-refractivity contribution in [2.45, 2.75) is 26.2 Å². The Morgan fingerprint density at radius 2 is 2.50 bits per heavy atom. The molecule has 1 rings (SSSR count). The van der Waals surface area contributed by atoms with E-state index in [4.69, 9.17) is 0 Å². The lowest BCUT2D eigenvalue weighted by molar-refractivity contribution is -0.122. The summed E-state index contributed by atoms with van der Waals surface area (Å²) in [4.78, 5) is 10.9. The van der Waals surface area contributed by atoms with Gasteiger partial charge in [-0.3, -0.25) is 4.79 Å². The molecule has 0 aromatic heterocycles. The van der Waals surface area contributed by atoms with Crippen molar-refractivity contribution in [2.75, 3.05) is 0 Å². The standard InChI is InChI=1S/C8H13NO/c1-2-3-4-7-5-6-9-8(7)10/h5-7H,2-4H2,1H3,(H,9,10). The van der Waals surface area contributed by atoms with E-state index in [2.05, 4.69) is 12.2 Å². The van der Waals surface area contributed by atoms with Crippen LogP contribution in [0.2, 0.25) is 0 Å². The van der Waals surface area contributed by atoms with Crippen LogP contribution in [0.4, 0.5) is 0 Å². The van der Waals surface area contributed by atoms with Crippen molar-refractivity contribution in [1.29, 1.82) is 0 Å². The normalized spacial score (nSPS) is 23.3.